The summed E-state index contributed by atoms with van der Waals surface area (Å²) in [6, 6.07) is 9.13. The molecule has 2 aliphatic heterocycles. The lowest BCUT2D eigenvalue weighted by molar-refractivity contribution is 0.0602. The Morgan fingerprint density at radius 3 is 2.64 bits per heavy atom. The molecule has 1 aromatic heterocycles. The second-order valence-electron chi connectivity index (χ2n) is 7.00. The van der Waals surface area contributed by atoms with Gasteiger partial charge in [0.25, 0.3) is 5.91 Å². The third kappa shape index (κ3) is 3.39. The summed E-state index contributed by atoms with van der Waals surface area (Å²) in [6.07, 6.45) is 4.80. The largest absolute Gasteiger partial charge is 0.508 e. The molecule has 2 fully saturated rings. The molecular weight excluding hydrogens is 316 g/mol. The summed E-state index contributed by atoms with van der Waals surface area (Å²) in [5, 5.41) is 16.5. The number of rotatable bonds is 3. The highest BCUT2D eigenvalue weighted by Gasteiger charge is 2.30. The van der Waals surface area contributed by atoms with E-state index in [9.17, 15) is 9.90 Å². The van der Waals surface area contributed by atoms with E-state index in [1.54, 1.807) is 30.3 Å². The summed E-state index contributed by atoms with van der Waals surface area (Å²) in [7, 11) is 0. The van der Waals surface area contributed by atoms with Crippen molar-refractivity contribution >= 4 is 5.91 Å². The first-order valence-electron chi connectivity index (χ1n) is 9.09. The van der Waals surface area contributed by atoms with Crippen molar-refractivity contribution in [3.8, 4) is 17.0 Å². The van der Waals surface area contributed by atoms with Crippen LogP contribution >= 0.6 is 0 Å². The fraction of sp³-hybridized carbons (Fsp3) is 0.474. The van der Waals surface area contributed by atoms with E-state index in [2.05, 4.69) is 15.1 Å². The molecule has 132 valence electrons. The summed E-state index contributed by atoms with van der Waals surface area (Å²) in [5.41, 5.74) is 2.13. The van der Waals surface area contributed by atoms with Crippen molar-refractivity contribution in [2.24, 2.45) is 0 Å². The molecule has 2 aliphatic rings. The van der Waals surface area contributed by atoms with Crippen molar-refractivity contribution in [3.05, 3.63) is 36.0 Å². The van der Waals surface area contributed by atoms with Gasteiger partial charge in [0.1, 0.15) is 11.4 Å². The number of carbonyl (C=O) groups excluding carboxylic acids is 1. The Morgan fingerprint density at radius 2 is 1.88 bits per heavy atom. The number of nitrogens with one attached hydrogen (secondary N) is 1. The van der Waals surface area contributed by atoms with Gasteiger partial charge in [0.2, 0.25) is 0 Å². The Balaban J connectivity index is 1.46. The maximum Gasteiger partial charge on any atom is 0.271 e. The van der Waals surface area contributed by atoms with Crippen molar-refractivity contribution < 1.29 is 9.90 Å². The summed E-state index contributed by atoms with van der Waals surface area (Å²) in [5.74, 6) is 0.248. The minimum absolute atomic E-state index is 0.0291. The number of carbonyl (C=O) groups is 1. The average Bonchev–Trinajstić information content (AvgIpc) is 3.34. The molecule has 1 atom stereocenters. The summed E-state index contributed by atoms with van der Waals surface area (Å²) < 4.78 is 0. The van der Waals surface area contributed by atoms with Gasteiger partial charge in [-0.1, -0.05) is 0 Å². The number of H-pyrrole nitrogens is 1. The number of hydrogen-bond donors (Lipinski definition) is 2. The first kappa shape index (κ1) is 16.1. The highest BCUT2D eigenvalue weighted by molar-refractivity contribution is 5.93. The summed E-state index contributed by atoms with van der Waals surface area (Å²) in [6.45, 7) is 3.96. The third-order valence-corrected chi connectivity index (χ3v) is 5.31. The van der Waals surface area contributed by atoms with Crippen LogP contribution in [0, 0.1) is 0 Å². The molecule has 1 amide bonds. The number of phenolic OH excluding ortho intramolecular Hbond substituents is 1. The minimum Gasteiger partial charge on any atom is -0.508 e. The van der Waals surface area contributed by atoms with Crippen LogP contribution in [0.4, 0.5) is 0 Å². The van der Waals surface area contributed by atoms with E-state index in [1.165, 1.54) is 32.4 Å². The van der Waals surface area contributed by atoms with Crippen LogP contribution in [0.15, 0.2) is 30.3 Å². The second kappa shape index (κ2) is 6.88. The molecule has 0 spiro atoms. The summed E-state index contributed by atoms with van der Waals surface area (Å²) in [4.78, 5) is 17.3. The molecule has 6 nitrogen and oxygen atoms in total. The average molecular weight is 340 g/mol. The Morgan fingerprint density at radius 1 is 1.12 bits per heavy atom. The lowest BCUT2D eigenvalue weighted by atomic mass is 10.0. The first-order chi connectivity index (χ1) is 12.2. The quantitative estimate of drug-likeness (QED) is 0.900. The van der Waals surface area contributed by atoms with Gasteiger partial charge < -0.3 is 10.0 Å². The number of piperidine rings is 1. The van der Waals surface area contributed by atoms with Gasteiger partial charge in [-0.15, -0.1) is 0 Å². The fourth-order valence-corrected chi connectivity index (χ4v) is 3.93. The van der Waals surface area contributed by atoms with Gasteiger partial charge in [0, 0.05) is 24.7 Å². The molecular formula is C19H24N4O2. The summed E-state index contributed by atoms with van der Waals surface area (Å²) >= 11 is 0. The predicted octanol–water partition coefficient (Wildman–Crippen LogP) is 2.48. The fourth-order valence-electron chi connectivity index (χ4n) is 3.93. The Hall–Kier alpha value is -2.34. The normalized spacial score (nSPS) is 21.6. The monoisotopic (exact) mass is 340 g/mol. The molecule has 4 rings (SSSR count). The zero-order valence-corrected chi connectivity index (χ0v) is 14.3. The van der Waals surface area contributed by atoms with Crippen molar-refractivity contribution in [2.75, 3.05) is 26.2 Å². The van der Waals surface area contributed by atoms with Crippen molar-refractivity contribution in [1.29, 1.82) is 0 Å². The first-order valence-corrected chi connectivity index (χ1v) is 9.09. The molecule has 3 heterocycles. The Bertz CT molecular complexity index is 734. The van der Waals surface area contributed by atoms with E-state index in [-0.39, 0.29) is 11.7 Å². The van der Waals surface area contributed by atoms with Crippen LogP contribution in [0.2, 0.25) is 0 Å². The van der Waals surface area contributed by atoms with E-state index in [4.69, 9.17) is 0 Å². The zero-order chi connectivity index (χ0) is 17.2. The number of nitrogens with zero attached hydrogens (tertiary/aromatic N) is 3. The number of hydrogen-bond acceptors (Lipinski definition) is 4. The van der Waals surface area contributed by atoms with Crippen molar-refractivity contribution in [1.82, 2.24) is 20.0 Å². The highest BCUT2D eigenvalue weighted by Crippen LogP contribution is 2.24. The number of benzene rings is 1. The lowest BCUT2D eigenvalue weighted by Gasteiger charge is -2.37. The van der Waals surface area contributed by atoms with Crippen LogP contribution in [0.5, 0.6) is 5.75 Å². The SMILES string of the molecule is O=C(c1cc(-c2ccc(O)cc2)n[nH]1)N1CCC[C@@H](N2CCCC2)C1. The van der Waals surface area contributed by atoms with Gasteiger partial charge in [-0.3, -0.25) is 14.8 Å². The van der Waals surface area contributed by atoms with Crippen molar-refractivity contribution in [3.63, 3.8) is 0 Å². The second-order valence-corrected chi connectivity index (χ2v) is 7.00. The van der Waals surface area contributed by atoms with Gasteiger partial charge in [-0.05, 0) is 69.1 Å². The molecule has 0 aliphatic carbocycles. The number of aromatic amines is 1. The van der Waals surface area contributed by atoms with Gasteiger partial charge in [-0.25, -0.2) is 0 Å². The molecule has 6 heteroatoms. The number of amides is 1. The lowest BCUT2D eigenvalue weighted by Crippen LogP contribution is -2.49. The molecule has 2 N–H and O–H groups in total. The number of phenols is 1. The molecule has 0 saturated carbocycles. The van der Waals surface area contributed by atoms with Gasteiger partial charge >= 0.3 is 0 Å². The van der Waals surface area contributed by atoms with Gasteiger partial charge in [0.15, 0.2) is 0 Å². The number of aromatic nitrogens is 2. The van der Waals surface area contributed by atoms with Crippen LogP contribution in [-0.4, -0.2) is 63.2 Å². The van der Waals surface area contributed by atoms with Crippen LogP contribution in [0.1, 0.15) is 36.2 Å². The Kier molecular flexibility index (Phi) is 4.44. The molecule has 0 bridgehead atoms. The zero-order valence-electron chi connectivity index (χ0n) is 14.3. The molecule has 2 saturated heterocycles. The molecule has 25 heavy (non-hydrogen) atoms. The van der Waals surface area contributed by atoms with Crippen molar-refractivity contribution in [2.45, 2.75) is 31.7 Å². The minimum atomic E-state index is 0.0291. The van der Waals surface area contributed by atoms with E-state index in [0.717, 1.165) is 30.8 Å². The highest BCUT2D eigenvalue weighted by atomic mass is 16.3. The van der Waals surface area contributed by atoms with Crippen LogP contribution < -0.4 is 0 Å². The van der Waals surface area contributed by atoms with E-state index >= 15 is 0 Å². The van der Waals surface area contributed by atoms with E-state index < -0.39 is 0 Å². The van der Waals surface area contributed by atoms with Gasteiger partial charge in [-0.2, -0.15) is 5.10 Å². The maximum atomic E-state index is 12.9. The molecule has 1 aromatic carbocycles. The van der Waals surface area contributed by atoms with Crippen LogP contribution in [-0.2, 0) is 0 Å². The van der Waals surface area contributed by atoms with E-state index in [1.807, 2.05) is 4.90 Å². The smallest absolute Gasteiger partial charge is 0.271 e. The third-order valence-electron chi connectivity index (χ3n) is 5.31. The number of likely N-dealkylation sites (tertiary alicyclic amines) is 2. The molecule has 0 radical (unpaired) electrons. The topological polar surface area (TPSA) is 72.5 Å². The van der Waals surface area contributed by atoms with Crippen LogP contribution in [0.25, 0.3) is 11.3 Å². The van der Waals surface area contributed by atoms with Crippen LogP contribution in [0.3, 0.4) is 0 Å². The standard InChI is InChI=1S/C19H24N4O2/c24-16-7-5-14(6-8-16)17-12-18(21-20-17)19(25)23-11-3-4-15(13-23)22-9-1-2-10-22/h5-8,12,15,24H,1-4,9-11,13H2,(H,20,21)/t15-/m1/s1. The predicted molar refractivity (Wildman–Crippen MR) is 95.4 cm³/mol. The Labute approximate surface area is 147 Å². The molecule has 2 aromatic rings. The number of aromatic hydroxyl groups is 1. The van der Waals surface area contributed by atoms with Gasteiger partial charge in [0.05, 0.1) is 5.69 Å². The molecule has 0 unspecified atom stereocenters. The van der Waals surface area contributed by atoms with E-state index in [0.29, 0.717) is 11.7 Å². The maximum absolute atomic E-state index is 12.9.